The van der Waals surface area contributed by atoms with Gasteiger partial charge in [-0.25, -0.2) is 4.98 Å². The Labute approximate surface area is 180 Å². The predicted octanol–water partition coefficient (Wildman–Crippen LogP) is 5.33. The van der Waals surface area contributed by atoms with Crippen molar-refractivity contribution in [3.63, 3.8) is 0 Å². The molecule has 0 spiro atoms. The number of aromatic nitrogens is 1. The van der Waals surface area contributed by atoms with Crippen LogP contribution in [0.25, 0.3) is 17.3 Å². The minimum absolute atomic E-state index is 0.0928. The molecule has 30 heavy (non-hydrogen) atoms. The van der Waals surface area contributed by atoms with Crippen LogP contribution in [-0.4, -0.2) is 21.7 Å². The van der Waals surface area contributed by atoms with Gasteiger partial charge in [-0.05, 0) is 48.2 Å². The van der Waals surface area contributed by atoms with Gasteiger partial charge in [0.15, 0.2) is 5.13 Å². The number of hydrogen-bond acceptors (Lipinski definition) is 4. The fraction of sp³-hybridized carbons (Fsp3) is 0.208. The number of nitrogens with zero attached hydrogens (tertiary/aromatic N) is 2. The molecule has 5 nitrogen and oxygen atoms in total. The number of thiazole rings is 1. The number of hydrogen-bond donors (Lipinski definition) is 1. The van der Waals surface area contributed by atoms with Crippen molar-refractivity contribution in [3.05, 3.63) is 76.3 Å². The fourth-order valence-electron chi connectivity index (χ4n) is 3.62. The Balaban J connectivity index is 1.50. The molecule has 1 atom stereocenters. The van der Waals surface area contributed by atoms with E-state index in [9.17, 15) is 9.59 Å². The Morgan fingerprint density at radius 1 is 1.13 bits per heavy atom. The molecule has 1 N–H and O–H groups in total. The van der Waals surface area contributed by atoms with E-state index in [4.69, 9.17) is 0 Å². The summed E-state index contributed by atoms with van der Waals surface area (Å²) in [5, 5.41) is 5.40. The number of benzene rings is 2. The average Bonchev–Trinajstić information content (AvgIpc) is 3.18. The highest BCUT2D eigenvalue weighted by Gasteiger charge is 2.28. The van der Waals surface area contributed by atoms with Crippen LogP contribution in [-0.2, 0) is 9.59 Å². The maximum absolute atomic E-state index is 12.8. The van der Waals surface area contributed by atoms with Crippen LogP contribution in [0.1, 0.15) is 41.6 Å². The molecule has 0 radical (unpaired) electrons. The molecule has 3 aromatic rings. The third-order valence-electron chi connectivity index (χ3n) is 5.40. The van der Waals surface area contributed by atoms with Gasteiger partial charge < -0.3 is 10.2 Å². The van der Waals surface area contributed by atoms with Gasteiger partial charge in [0.05, 0.1) is 18.2 Å². The van der Waals surface area contributed by atoms with E-state index in [-0.39, 0.29) is 24.3 Å². The minimum atomic E-state index is -0.331. The first-order valence-corrected chi connectivity index (χ1v) is 10.7. The molecule has 0 saturated heterocycles. The van der Waals surface area contributed by atoms with Gasteiger partial charge in [-0.15, -0.1) is 11.3 Å². The van der Waals surface area contributed by atoms with Crippen molar-refractivity contribution in [2.75, 3.05) is 5.32 Å². The molecule has 0 bridgehead atoms. The quantitative estimate of drug-likeness (QED) is 0.624. The highest BCUT2D eigenvalue weighted by atomic mass is 32.1. The lowest BCUT2D eigenvalue weighted by Crippen LogP contribution is -2.33. The summed E-state index contributed by atoms with van der Waals surface area (Å²) in [5.41, 5.74) is 6.32. The van der Waals surface area contributed by atoms with E-state index in [0.29, 0.717) is 5.13 Å². The maximum atomic E-state index is 12.8. The fourth-order valence-corrected chi connectivity index (χ4v) is 4.36. The summed E-state index contributed by atoms with van der Waals surface area (Å²) >= 11 is 1.40. The lowest BCUT2D eigenvalue weighted by atomic mass is 9.93. The molecular formula is C24H23N3O2S. The van der Waals surface area contributed by atoms with E-state index in [1.807, 2.05) is 41.8 Å². The third kappa shape index (κ3) is 4.04. The number of carbonyl (C=O) groups excluding carboxylic acids is 2. The van der Waals surface area contributed by atoms with Crippen LogP contribution in [0.3, 0.4) is 0 Å². The van der Waals surface area contributed by atoms with Crippen molar-refractivity contribution in [3.8, 4) is 11.3 Å². The summed E-state index contributed by atoms with van der Waals surface area (Å²) in [5.74, 6) is -0.262. The highest BCUT2D eigenvalue weighted by molar-refractivity contribution is 7.14. The van der Waals surface area contributed by atoms with E-state index in [0.717, 1.165) is 22.4 Å². The van der Waals surface area contributed by atoms with Gasteiger partial charge in [-0.2, -0.15) is 0 Å². The van der Waals surface area contributed by atoms with E-state index >= 15 is 0 Å². The smallest absolute Gasteiger partial charge is 0.228 e. The normalized spacial score (nSPS) is 15.0. The van der Waals surface area contributed by atoms with E-state index < -0.39 is 0 Å². The molecule has 2 heterocycles. The van der Waals surface area contributed by atoms with Gasteiger partial charge in [0.1, 0.15) is 0 Å². The van der Waals surface area contributed by atoms with Crippen LogP contribution in [0, 0.1) is 13.8 Å². The lowest BCUT2D eigenvalue weighted by Gasteiger charge is -2.32. The standard InChI is InChI=1S/C24H23N3O2S/c1-15-8-9-19(12-16(15)2)21-14-30-24(25-21)26-23(29)13-22-20-7-5-4-6-18(20)10-11-27(22)17(3)28/h4-12,14,22H,13H2,1-3H3,(H,25,26,29). The van der Waals surface area contributed by atoms with Gasteiger partial charge >= 0.3 is 0 Å². The summed E-state index contributed by atoms with van der Waals surface area (Å²) in [6, 6.07) is 13.7. The zero-order valence-corrected chi connectivity index (χ0v) is 18.0. The summed E-state index contributed by atoms with van der Waals surface area (Å²) in [7, 11) is 0. The number of nitrogens with one attached hydrogen (secondary N) is 1. The molecule has 0 fully saturated rings. The van der Waals surface area contributed by atoms with E-state index in [1.165, 1.54) is 29.4 Å². The third-order valence-corrected chi connectivity index (χ3v) is 6.16. The van der Waals surface area contributed by atoms with Gasteiger partial charge in [0, 0.05) is 24.1 Å². The molecule has 1 unspecified atom stereocenters. The van der Waals surface area contributed by atoms with Gasteiger partial charge in [0.2, 0.25) is 11.8 Å². The van der Waals surface area contributed by atoms with Crippen molar-refractivity contribution in [2.24, 2.45) is 0 Å². The number of anilines is 1. The topological polar surface area (TPSA) is 62.3 Å². The second-order valence-electron chi connectivity index (χ2n) is 7.48. The summed E-state index contributed by atoms with van der Waals surface area (Å²) < 4.78 is 0. The van der Waals surface area contributed by atoms with E-state index in [1.54, 1.807) is 11.1 Å². The molecule has 0 aliphatic carbocycles. The van der Waals surface area contributed by atoms with Crippen LogP contribution >= 0.6 is 11.3 Å². The summed E-state index contributed by atoms with van der Waals surface area (Å²) in [6.07, 6.45) is 3.82. The molecule has 4 rings (SSSR count). The number of fused-ring (bicyclic) bond motifs is 1. The van der Waals surface area contributed by atoms with Crippen molar-refractivity contribution in [1.29, 1.82) is 0 Å². The summed E-state index contributed by atoms with van der Waals surface area (Å²) in [6.45, 7) is 5.67. The van der Waals surface area contributed by atoms with Crippen molar-refractivity contribution in [2.45, 2.75) is 33.2 Å². The molecule has 1 aromatic heterocycles. The Kier molecular flexibility index (Phi) is 5.50. The average molecular weight is 418 g/mol. The first-order chi connectivity index (χ1) is 14.4. The lowest BCUT2D eigenvalue weighted by molar-refractivity contribution is -0.129. The largest absolute Gasteiger partial charge is 0.311 e. The number of aryl methyl sites for hydroxylation is 2. The molecular weight excluding hydrogens is 394 g/mol. The molecule has 6 heteroatoms. The van der Waals surface area contributed by atoms with Crippen LogP contribution in [0.4, 0.5) is 5.13 Å². The molecule has 1 aliphatic rings. The van der Waals surface area contributed by atoms with Gasteiger partial charge in [-0.3, -0.25) is 9.59 Å². The van der Waals surface area contributed by atoms with Crippen molar-refractivity contribution < 1.29 is 9.59 Å². The monoisotopic (exact) mass is 417 g/mol. The first-order valence-electron chi connectivity index (χ1n) is 9.81. The Morgan fingerprint density at radius 2 is 1.93 bits per heavy atom. The van der Waals surface area contributed by atoms with Crippen LogP contribution < -0.4 is 5.32 Å². The Morgan fingerprint density at radius 3 is 2.70 bits per heavy atom. The maximum Gasteiger partial charge on any atom is 0.228 e. The molecule has 2 amide bonds. The molecule has 0 saturated carbocycles. The van der Waals surface area contributed by atoms with Gasteiger partial charge in [0.25, 0.3) is 0 Å². The minimum Gasteiger partial charge on any atom is -0.311 e. The SMILES string of the molecule is CC(=O)N1C=Cc2ccccc2C1CC(=O)Nc1nc(-c2ccc(C)c(C)c2)cs1. The van der Waals surface area contributed by atoms with Gasteiger partial charge in [-0.1, -0.05) is 36.4 Å². The highest BCUT2D eigenvalue weighted by Crippen LogP contribution is 2.33. The number of rotatable bonds is 4. The van der Waals surface area contributed by atoms with Crippen molar-refractivity contribution >= 4 is 34.4 Å². The zero-order chi connectivity index (χ0) is 21.3. The summed E-state index contributed by atoms with van der Waals surface area (Å²) in [4.78, 5) is 31.1. The predicted molar refractivity (Wildman–Crippen MR) is 121 cm³/mol. The second kappa shape index (κ2) is 8.24. The molecule has 152 valence electrons. The zero-order valence-electron chi connectivity index (χ0n) is 17.2. The molecule has 2 aromatic carbocycles. The number of amides is 2. The molecule has 1 aliphatic heterocycles. The second-order valence-corrected chi connectivity index (χ2v) is 8.33. The van der Waals surface area contributed by atoms with E-state index in [2.05, 4.69) is 36.3 Å². The van der Waals surface area contributed by atoms with Crippen LogP contribution in [0.15, 0.2) is 54.0 Å². The number of carbonyl (C=O) groups is 2. The van der Waals surface area contributed by atoms with Crippen molar-refractivity contribution in [1.82, 2.24) is 9.88 Å². The van der Waals surface area contributed by atoms with Crippen LogP contribution in [0.2, 0.25) is 0 Å². The first kappa shape index (κ1) is 20.0. The Hall–Kier alpha value is -3.25. The van der Waals surface area contributed by atoms with Crippen LogP contribution in [0.5, 0.6) is 0 Å². The Bertz CT molecular complexity index is 1150.